The maximum atomic E-state index is 14.8. The maximum absolute atomic E-state index is 14.8. The van der Waals surface area contributed by atoms with Crippen molar-refractivity contribution in [1.82, 2.24) is 26.2 Å². The Morgan fingerprint density at radius 2 is 1.59 bits per heavy atom. The zero-order chi connectivity index (χ0) is 38.7. The number of amides is 5. The van der Waals surface area contributed by atoms with Gasteiger partial charge in [-0.2, -0.15) is 0 Å². The highest BCUT2D eigenvalue weighted by molar-refractivity contribution is 7.92. The molecule has 1 saturated heterocycles. The molecule has 1 aliphatic heterocycles. The van der Waals surface area contributed by atoms with Crippen molar-refractivity contribution in [2.24, 2.45) is 28.6 Å². The largest absolute Gasteiger partial charge is 0.346 e. The number of sulfone groups is 1. The monoisotopic (exact) mass is 735 g/mol. The molecule has 3 aliphatic rings. The molecule has 5 amide bonds. The van der Waals surface area contributed by atoms with Gasteiger partial charge in [0.1, 0.15) is 12.1 Å². The topological polar surface area (TPSA) is 171 Å². The minimum absolute atomic E-state index is 0.0546. The first-order chi connectivity index (χ1) is 23.4. The lowest BCUT2D eigenvalue weighted by Crippen LogP contribution is -2.64. The highest BCUT2D eigenvalue weighted by Gasteiger charge is 2.70. The molecule has 1 heterocycles. The van der Waals surface area contributed by atoms with Crippen LogP contribution in [0.3, 0.4) is 0 Å². The average Bonchev–Trinajstić information content (AvgIpc) is 3.31. The Morgan fingerprint density at radius 3 is 2.12 bits per heavy atom. The van der Waals surface area contributed by atoms with Gasteiger partial charge in [0.25, 0.3) is 5.91 Å². The molecule has 12 nitrogen and oxygen atoms in total. The van der Waals surface area contributed by atoms with Crippen LogP contribution in [-0.4, -0.2) is 90.1 Å². The van der Waals surface area contributed by atoms with E-state index in [0.717, 1.165) is 19.3 Å². The molecule has 3 fully saturated rings. The van der Waals surface area contributed by atoms with Gasteiger partial charge in [-0.25, -0.2) is 13.2 Å². The van der Waals surface area contributed by atoms with Crippen molar-refractivity contribution in [3.05, 3.63) is 12.7 Å². The van der Waals surface area contributed by atoms with Crippen molar-refractivity contribution in [3.8, 4) is 0 Å². The summed E-state index contributed by atoms with van der Waals surface area (Å²) < 4.78 is 25.7. The number of piperidine rings is 1. The Morgan fingerprint density at radius 1 is 0.980 bits per heavy atom. The van der Waals surface area contributed by atoms with Gasteiger partial charge in [-0.05, 0) is 82.0 Å². The zero-order valence-electron chi connectivity index (χ0n) is 32.7. The van der Waals surface area contributed by atoms with Crippen LogP contribution in [0.5, 0.6) is 0 Å². The van der Waals surface area contributed by atoms with Gasteiger partial charge < -0.3 is 26.2 Å². The highest BCUT2D eigenvalue weighted by atomic mass is 32.2. The van der Waals surface area contributed by atoms with E-state index in [1.165, 1.54) is 6.08 Å². The number of carbonyl (C=O) groups excluding carboxylic acids is 5. The van der Waals surface area contributed by atoms with E-state index in [1.54, 1.807) is 32.6 Å². The van der Waals surface area contributed by atoms with E-state index in [1.807, 2.05) is 27.7 Å². The number of hydrogen-bond donors (Lipinski definition) is 4. The quantitative estimate of drug-likeness (QED) is 0.135. The molecular weight excluding hydrogens is 671 g/mol. The first-order valence-corrected chi connectivity index (χ1v) is 20.4. The summed E-state index contributed by atoms with van der Waals surface area (Å²) in [5.41, 5.74) is -1.92. The molecule has 2 aliphatic carbocycles. The fourth-order valence-electron chi connectivity index (χ4n) is 8.51. The molecule has 0 radical (unpaired) electrons. The number of ketones is 1. The normalized spacial score (nSPS) is 24.7. The summed E-state index contributed by atoms with van der Waals surface area (Å²) in [6.07, 6.45) is 6.84. The van der Waals surface area contributed by atoms with E-state index in [0.29, 0.717) is 32.2 Å². The Balaban J connectivity index is 1.94. The van der Waals surface area contributed by atoms with Crippen molar-refractivity contribution in [3.63, 3.8) is 0 Å². The fraction of sp³-hybridized carbons (Fsp3) is 0.816. The standard InChI is InChI=1S/C38H65N5O7S/c1-12-17-26(29(44)32(46)39-20-13-2)40-31(45)28-27-25(36(27,8)9)22-43(28)33(47)30(37(10)18-15-14-16-19-37)41-34(48)42-38(11,21-24(3)4)23-51(49,50)35(5,6)7/h13,24-28,30H,2,12,14-23H2,1,3-11H3,(H,39,46)(H,40,45)(H2,41,42,48)/t25-,26?,27-,28-,30+,38+/m0/s1. The van der Waals surface area contributed by atoms with Crippen LogP contribution >= 0.6 is 0 Å². The lowest BCUT2D eigenvalue weighted by Gasteiger charge is -2.44. The highest BCUT2D eigenvalue weighted by Crippen LogP contribution is 2.65. The van der Waals surface area contributed by atoms with Crippen LogP contribution in [0.15, 0.2) is 12.7 Å². The van der Waals surface area contributed by atoms with E-state index < -0.39 is 67.3 Å². The Labute approximate surface area is 306 Å². The van der Waals surface area contributed by atoms with Gasteiger partial charge in [-0.15, -0.1) is 6.58 Å². The summed E-state index contributed by atoms with van der Waals surface area (Å²) in [6, 6.07) is -3.54. The third kappa shape index (κ3) is 9.73. The summed E-state index contributed by atoms with van der Waals surface area (Å²) in [6.45, 7) is 22.6. The van der Waals surface area contributed by atoms with E-state index in [-0.39, 0.29) is 47.8 Å². The van der Waals surface area contributed by atoms with Gasteiger partial charge in [0.15, 0.2) is 9.84 Å². The summed E-state index contributed by atoms with van der Waals surface area (Å²) >= 11 is 0. The van der Waals surface area contributed by atoms with Crippen LogP contribution < -0.4 is 21.3 Å². The number of likely N-dealkylation sites (tertiary alicyclic amines) is 1. The molecule has 0 aromatic carbocycles. The Kier molecular flexibility index (Phi) is 13.3. The number of fused-ring (bicyclic) bond motifs is 1. The molecular formula is C38H65N5O7S. The Hall–Kier alpha value is -2.96. The van der Waals surface area contributed by atoms with Crippen molar-refractivity contribution in [2.75, 3.05) is 18.8 Å². The second-order valence-corrected chi connectivity index (χ2v) is 20.6. The number of carbonyl (C=O) groups is 5. The predicted octanol–water partition coefficient (Wildman–Crippen LogP) is 4.28. The van der Waals surface area contributed by atoms with Crippen LogP contribution in [0.1, 0.15) is 121 Å². The first-order valence-electron chi connectivity index (χ1n) is 18.8. The predicted molar refractivity (Wildman–Crippen MR) is 199 cm³/mol. The first kappa shape index (κ1) is 42.5. The molecule has 3 rings (SSSR count). The van der Waals surface area contributed by atoms with E-state index in [4.69, 9.17) is 0 Å². The van der Waals surface area contributed by atoms with E-state index in [9.17, 15) is 32.4 Å². The molecule has 0 spiro atoms. The second kappa shape index (κ2) is 16.0. The SMILES string of the molecule is C=CCNC(=O)C(=O)C(CCC)NC(=O)[C@@H]1[C@@H]2[C@H](CN1C(=O)[C@@H](NC(=O)N[C@](C)(CC(C)C)CS(=O)(=O)C(C)(C)C)C1(C)CCCCC1)C2(C)C. The summed E-state index contributed by atoms with van der Waals surface area (Å²) in [5.74, 6) is -2.70. The van der Waals surface area contributed by atoms with Crippen LogP contribution in [0.25, 0.3) is 0 Å². The van der Waals surface area contributed by atoms with Gasteiger partial charge in [0, 0.05) is 13.1 Å². The van der Waals surface area contributed by atoms with Crippen LogP contribution in [0.2, 0.25) is 0 Å². The molecule has 2 saturated carbocycles. The summed E-state index contributed by atoms with van der Waals surface area (Å²) in [5, 5.41) is 11.3. The molecule has 290 valence electrons. The van der Waals surface area contributed by atoms with Crippen molar-refractivity contribution in [1.29, 1.82) is 0 Å². The average molecular weight is 736 g/mol. The van der Waals surface area contributed by atoms with Gasteiger partial charge in [-0.3, -0.25) is 19.2 Å². The summed E-state index contributed by atoms with van der Waals surface area (Å²) in [7, 11) is -3.61. The van der Waals surface area contributed by atoms with Crippen LogP contribution in [-0.2, 0) is 29.0 Å². The lowest BCUT2D eigenvalue weighted by molar-refractivity contribution is -0.146. The van der Waals surface area contributed by atoms with Crippen LogP contribution in [0.4, 0.5) is 4.79 Å². The fourth-order valence-corrected chi connectivity index (χ4v) is 9.97. The molecule has 0 aromatic heterocycles. The molecule has 0 aromatic rings. The van der Waals surface area contributed by atoms with Gasteiger partial charge in [0.05, 0.1) is 22.1 Å². The number of nitrogens with one attached hydrogen (secondary N) is 4. The number of Topliss-reactive ketones (excluding diaryl/α,β-unsaturated/α-hetero) is 1. The van der Waals surface area contributed by atoms with Gasteiger partial charge in [-0.1, -0.05) is 73.3 Å². The number of rotatable bonds is 16. The molecule has 51 heavy (non-hydrogen) atoms. The number of nitrogens with zero attached hydrogens (tertiary/aromatic N) is 1. The maximum Gasteiger partial charge on any atom is 0.315 e. The second-order valence-electron chi connectivity index (χ2n) is 17.9. The minimum atomic E-state index is -3.61. The Bertz CT molecular complexity index is 1450. The third-order valence-corrected chi connectivity index (χ3v) is 14.4. The molecule has 6 atom stereocenters. The molecule has 1 unspecified atom stereocenters. The zero-order valence-corrected chi connectivity index (χ0v) is 33.6. The molecule has 0 bridgehead atoms. The summed E-state index contributed by atoms with van der Waals surface area (Å²) in [4.78, 5) is 70.2. The lowest BCUT2D eigenvalue weighted by atomic mass is 9.70. The van der Waals surface area contributed by atoms with Crippen molar-refractivity contribution >= 4 is 39.4 Å². The van der Waals surface area contributed by atoms with Gasteiger partial charge >= 0.3 is 6.03 Å². The minimum Gasteiger partial charge on any atom is -0.346 e. The van der Waals surface area contributed by atoms with Crippen LogP contribution in [0, 0.1) is 28.6 Å². The number of urea groups is 1. The van der Waals surface area contributed by atoms with Gasteiger partial charge in [0.2, 0.25) is 17.6 Å². The van der Waals surface area contributed by atoms with Crippen molar-refractivity contribution in [2.45, 2.75) is 149 Å². The molecule has 4 N–H and O–H groups in total. The molecule has 13 heteroatoms. The smallest absolute Gasteiger partial charge is 0.315 e. The van der Waals surface area contributed by atoms with Crippen molar-refractivity contribution < 1.29 is 32.4 Å². The van der Waals surface area contributed by atoms with E-state index >= 15 is 0 Å². The third-order valence-electron chi connectivity index (χ3n) is 11.5. The van der Waals surface area contributed by atoms with E-state index in [2.05, 4.69) is 41.7 Å². The number of hydrogen-bond acceptors (Lipinski definition) is 7.